The molecule has 0 aromatic carbocycles. The summed E-state index contributed by atoms with van der Waals surface area (Å²) in [5.41, 5.74) is 4.96. The monoisotopic (exact) mass is 308 g/mol. The van der Waals surface area contributed by atoms with Gasteiger partial charge in [0.1, 0.15) is 0 Å². The van der Waals surface area contributed by atoms with Gasteiger partial charge in [0.25, 0.3) is 0 Å². The Morgan fingerprint density at radius 1 is 1.15 bits per heavy atom. The van der Waals surface area contributed by atoms with Crippen LogP contribution in [0.4, 0.5) is 4.79 Å². The molecule has 0 unspecified atom stereocenters. The number of hydrogen-bond donors (Lipinski definition) is 2. The molecule has 0 rings (SSSR count). The summed E-state index contributed by atoms with van der Waals surface area (Å²) in [5, 5.41) is 2.45. The van der Waals surface area contributed by atoms with Gasteiger partial charge < -0.3 is 15.5 Å². The number of urea groups is 1. The molecule has 118 valence electrons. The van der Waals surface area contributed by atoms with Crippen molar-refractivity contribution in [1.82, 2.24) is 14.9 Å². The fraction of sp³-hybridized carbons (Fsp3) is 0.900. The highest BCUT2D eigenvalue weighted by molar-refractivity contribution is 6.34. The lowest BCUT2D eigenvalue weighted by molar-refractivity contribution is -0.319. The van der Waals surface area contributed by atoms with E-state index in [9.17, 15) is 9.26 Å². The zero-order chi connectivity index (χ0) is 15.4. The van der Waals surface area contributed by atoms with E-state index in [2.05, 4.69) is 5.32 Å². The Labute approximate surface area is 120 Å². The predicted octanol–water partition coefficient (Wildman–Crippen LogP) is -0.0813. The fourth-order valence-corrected chi connectivity index (χ4v) is 2.53. The van der Waals surface area contributed by atoms with E-state index in [1.165, 1.54) is 4.73 Å². The molecule has 0 atom stereocenters. The molecule has 0 aromatic rings. The molecule has 0 saturated heterocycles. The van der Waals surface area contributed by atoms with Gasteiger partial charge in [-0.1, -0.05) is 0 Å². The fourth-order valence-electron chi connectivity index (χ4n) is 1.28. The minimum Gasteiger partial charge on any atom is -0.352 e. The van der Waals surface area contributed by atoms with Crippen molar-refractivity contribution in [1.29, 1.82) is 0 Å². The molecule has 0 spiro atoms. The van der Waals surface area contributed by atoms with E-state index in [-0.39, 0.29) is 0 Å². The molecule has 0 aromatic heterocycles. The maximum atomic E-state index is 12.3. The van der Waals surface area contributed by atoms with Crippen molar-refractivity contribution >= 4 is 15.0 Å². The van der Waals surface area contributed by atoms with Crippen LogP contribution in [-0.2, 0) is 19.0 Å². The standard InChI is InChI=1S/C10H24N4O5Si/c1-4-17-13(9-7-8-12-10(11)15)20(16)14(18-5-2)19-6-3/h4-9H2,1-3H3,(H3,11,12,15). The second kappa shape index (κ2) is 11.6. The maximum Gasteiger partial charge on any atom is 0.597 e. The Kier molecular flexibility index (Phi) is 10.9. The van der Waals surface area contributed by atoms with E-state index in [0.29, 0.717) is 39.3 Å². The number of carbonyl (C=O) groups is 1. The minimum atomic E-state index is -2.55. The molecule has 0 aliphatic heterocycles. The van der Waals surface area contributed by atoms with Crippen molar-refractivity contribution in [3.05, 3.63) is 0 Å². The zero-order valence-corrected chi connectivity index (χ0v) is 13.3. The van der Waals surface area contributed by atoms with Gasteiger partial charge in [0, 0.05) is 13.1 Å². The number of hydrogen-bond acceptors (Lipinski definition) is 5. The molecule has 0 aliphatic rings. The molecule has 0 radical (unpaired) electrons. The van der Waals surface area contributed by atoms with Gasteiger partial charge in [0.15, 0.2) is 0 Å². The number of rotatable bonds is 12. The van der Waals surface area contributed by atoms with Crippen LogP contribution in [0.3, 0.4) is 0 Å². The van der Waals surface area contributed by atoms with Crippen LogP contribution >= 0.6 is 0 Å². The smallest absolute Gasteiger partial charge is 0.352 e. The second-order valence-corrected chi connectivity index (χ2v) is 4.97. The molecule has 3 N–H and O–H groups in total. The summed E-state index contributed by atoms with van der Waals surface area (Å²) in [6.07, 6.45) is 0.533. The number of nitrogens with one attached hydrogen (secondary N) is 1. The Morgan fingerprint density at radius 2 is 1.70 bits per heavy atom. The number of primary amides is 1. The minimum absolute atomic E-state index is 0.333. The maximum absolute atomic E-state index is 12.3. The Bertz CT molecular complexity index is 289. The number of hydroxylamine groups is 1. The Balaban J connectivity index is 4.37. The molecule has 20 heavy (non-hydrogen) atoms. The van der Waals surface area contributed by atoms with Crippen LogP contribution in [0, 0.1) is 0 Å². The Hall–Kier alpha value is -1.23. The van der Waals surface area contributed by atoms with Crippen LogP contribution in [0.1, 0.15) is 27.2 Å². The molecular formula is C10H24N4O5Si. The molecule has 0 fully saturated rings. The summed E-state index contributed by atoms with van der Waals surface area (Å²) < 4.78 is 13.6. The van der Waals surface area contributed by atoms with Crippen molar-refractivity contribution in [2.24, 2.45) is 5.73 Å². The third kappa shape index (κ3) is 8.04. The summed E-state index contributed by atoms with van der Waals surface area (Å²) in [4.78, 5) is 27.1. The van der Waals surface area contributed by atoms with Crippen LogP contribution in [0.25, 0.3) is 0 Å². The first kappa shape index (κ1) is 18.8. The first-order valence-corrected chi connectivity index (χ1v) is 7.90. The van der Waals surface area contributed by atoms with Crippen molar-refractivity contribution < 1.29 is 23.8 Å². The lowest BCUT2D eigenvalue weighted by Crippen LogP contribution is -2.47. The summed E-state index contributed by atoms with van der Waals surface area (Å²) in [6.45, 7) is 7.08. The summed E-state index contributed by atoms with van der Waals surface area (Å²) in [5.74, 6) is 0. The second-order valence-electron chi connectivity index (χ2n) is 3.54. The molecule has 0 bridgehead atoms. The Morgan fingerprint density at radius 3 is 2.15 bits per heavy atom. The van der Waals surface area contributed by atoms with Gasteiger partial charge in [-0.25, -0.2) is 9.52 Å². The molecule has 0 saturated carbocycles. The topological polar surface area (TPSA) is 106 Å². The zero-order valence-electron chi connectivity index (χ0n) is 12.3. The quantitative estimate of drug-likeness (QED) is 0.295. The summed E-state index contributed by atoms with van der Waals surface area (Å²) in [6, 6.07) is -0.592. The van der Waals surface area contributed by atoms with Gasteiger partial charge in [-0.15, -0.1) is 4.89 Å². The SMILES string of the molecule is CCON(CCCNC(N)=O)[Si](=O)N(OCC)OCC. The van der Waals surface area contributed by atoms with Gasteiger partial charge >= 0.3 is 15.0 Å². The molecule has 9 nitrogen and oxygen atoms in total. The van der Waals surface area contributed by atoms with Crippen molar-refractivity contribution in [2.45, 2.75) is 27.2 Å². The van der Waals surface area contributed by atoms with Crippen LogP contribution in [0.2, 0.25) is 0 Å². The highest BCUT2D eigenvalue weighted by atomic mass is 28.3. The van der Waals surface area contributed by atoms with Crippen LogP contribution in [-0.4, -0.2) is 57.6 Å². The lowest BCUT2D eigenvalue weighted by atomic mass is 10.4. The number of amides is 2. The third-order valence-corrected chi connectivity index (χ3v) is 3.33. The van der Waals surface area contributed by atoms with Gasteiger partial charge in [-0.3, -0.25) is 14.5 Å². The average molecular weight is 308 g/mol. The van der Waals surface area contributed by atoms with Gasteiger partial charge in [0.2, 0.25) is 0 Å². The van der Waals surface area contributed by atoms with Crippen LogP contribution in [0.15, 0.2) is 0 Å². The van der Waals surface area contributed by atoms with Gasteiger partial charge in [-0.2, -0.15) is 0 Å². The van der Waals surface area contributed by atoms with Crippen molar-refractivity contribution in [3.8, 4) is 0 Å². The highest BCUT2D eigenvalue weighted by Crippen LogP contribution is 2.01. The number of nitrogens with two attached hydrogens (primary N) is 1. The third-order valence-electron chi connectivity index (χ3n) is 1.98. The predicted molar refractivity (Wildman–Crippen MR) is 72.1 cm³/mol. The number of nitrogens with zero attached hydrogens (tertiary/aromatic N) is 2. The summed E-state index contributed by atoms with van der Waals surface area (Å²) >= 11 is 0. The summed E-state index contributed by atoms with van der Waals surface area (Å²) in [7, 11) is -2.55. The van der Waals surface area contributed by atoms with E-state index in [1.54, 1.807) is 20.8 Å². The molecule has 10 heteroatoms. The molecule has 2 amide bonds. The van der Waals surface area contributed by atoms with Crippen molar-refractivity contribution in [3.63, 3.8) is 0 Å². The van der Waals surface area contributed by atoms with E-state index in [4.69, 9.17) is 20.2 Å². The highest BCUT2D eigenvalue weighted by Gasteiger charge is 2.27. The van der Waals surface area contributed by atoms with E-state index >= 15 is 0 Å². The normalized spacial score (nSPS) is 10.2. The van der Waals surface area contributed by atoms with E-state index in [0.717, 1.165) is 4.89 Å². The largest absolute Gasteiger partial charge is 0.597 e. The van der Waals surface area contributed by atoms with Crippen molar-refractivity contribution in [2.75, 3.05) is 32.9 Å². The van der Waals surface area contributed by atoms with Gasteiger partial charge in [-0.05, 0) is 27.2 Å². The van der Waals surface area contributed by atoms with Crippen LogP contribution < -0.4 is 11.1 Å². The van der Waals surface area contributed by atoms with E-state index < -0.39 is 15.0 Å². The van der Waals surface area contributed by atoms with Crippen LogP contribution in [0.5, 0.6) is 0 Å². The first-order chi connectivity index (χ1) is 9.56. The van der Waals surface area contributed by atoms with Gasteiger partial charge in [0.05, 0.1) is 19.8 Å². The average Bonchev–Trinajstić information content (AvgIpc) is 2.41. The lowest BCUT2D eigenvalue weighted by Gasteiger charge is -2.26. The molecular weight excluding hydrogens is 284 g/mol. The number of carbonyl (C=O) groups excluding carboxylic acids is 1. The molecule has 0 aliphatic carbocycles. The first-order valence-electron chi connectivity index (χ1n) is 6.60. The molecule has 0 heterocycles. The van der Waals surface area contributed by atoms with E-state index in [1.807, 2.05) is 0 Å².